The topological polar surface area (TPSA) is 77.0 Å². The second kappa shape index (κ2) is 14.3. The van der Waals surface area contributed by atoms with Crippen LogP contribution < -0.4 is 10.6 Å². The lowest BCUT2D eigenvalue weighted by Crippen LogP contribution is -2.47. The Kier molecular flexibility index (Phi) is 13.0. The molecule has 31 heavy (non-hydrogen) atoms. The molecule has 1 aromatic carbocycles. The van der Waals surface area contributed by atoms with E-state index < -0.39 is 9.84 Å². The summed E-state index contributed by atoms with van der Waals surface area (Å²) >= 11 is 0. The van der Waals surface area contributed by atoms with Gasteiger partial charge < -0.3 is 15.5 Å². The number of likely N-dealkylation sites (N-methyl/N-ethyl adjacent to an activating group) is 1. The second-order valence-electron chi connectivity index (χ2n) is 8.30. The first-order chi connectivity index (χ1) is 14.3. The molecule has 1 heterocycles. The molecule has 0 aliphatic carbocycles. The van der Waals surface area contributed by atoms with Gasteiger partial charge in [-0.3, -0.25) is 9.89 Å². The van der Waals surface area contributed by atoms with Crippen molar-refractivity contribution < 1.29 is 8.42 Å². The van der Waals surface area contributed by atoms with E-state index in [1.165, 1.54) is 11.8 Å². The third-order valence-corrected chi connectivity index (χ3v) is 6.38. The van der Waals surface area contributed by atoms with Crippen molar-refractivity contribution >= 4 is 39.8 Å². The van der Waals surface area contributed by atoms with Crippen LogP contribution in [0.5, 0.6) is 0 Å². The van der Waals surface area contributed by atoms with Crippen molar-refractivity contribution in [3.05, 3.63) is 35.9 Å². The highest BCUT2D eigenvalue weighted by molar-refractivity contribution is 14.0. The molecule has 1 aliphatic rings. The SMILES string of the molecule is CCNC(=NCCCN1CCN(C)CC1c1ccccc1)NC(C)CCS(C)(=O)=O.I. The van der Waals surface area contributed by atoms with Crippen molar-refractivity contribution in [3.63, 3.8) is 0 Å². The molecule has 0 bridgehead atoms. The lowest BCUT2D eigenvalue weighted by molar-refractivity contribution is 0.0894. The van der Waals surface area contributed by atoms with E-state index >= 15 is 0 Å². The van der Waals surface area contributed by atoms with E-state index in [1.54, 1.807) is 0 Å². The lowest BCUT2D eigenvalue weighted by Gasteiger charge is -2.40. The summed E-state index contributed by atoms with van der Waals surface area (Å²) in [6, 6.07) is 11.2. The highest BCUT2D eigenvalue weighted by Crippen LogP contribution is 2.24. The Labute approximate surface area is 206 Å². The summed E-state index contributed by atoms with van der Waals surface area (Å²) in [6.07, 6.45) is 2.84. The predicted molar refractivity (Wildman–Crippen MR) is 141 cm³/mol. The molecular weight excluding hydrogens is 525 g/mol. The summed E-state index contributed by atoms with van der Waals surface area (Å²) in [5.74, 6) is 0.946. The number of aliphatic imine (C=N–C) groups is 1. The van der Waals surface area contributed by atoms with Crippen LogP contribution in [0.2, 0.25) is 0 Å². The highest BCUT2D eigenvalue weighted by Gasteiger charge is 2.25. The van der Waals surface area contributed by atoms with E-state index in [-0.39, 0.29) is 35.8 Å². The average Bonchev–Trinajstić information content (AvgIpc) is 2.70. The number of nitrogens with zero attached hydrogens (tertiary/aromatic N) is 3. The molecule has 1 aromatic rings. The van der Waals surface area contributed by atoms with Crippen molar-refractivity contribution in [3.8, 4) is 0 Å². The third-order valence-electron chi connectivity index (χ3n) is 5.40. The Morgan fingerprint density at radius 3 is 2.61 bits per heavy atom. The van der Waals surface area contributed by atoms with Gasteiger partial charge in [0.25, 0.3) is 0 Å². The number of nitrogens with one attached hydrogen (secondary N) is 2. The van der Waals surface area contributed by atoms with Gasteiger partial charge in [0.05, 0.1) is 5.75 Å². The molecule has 0 aromatic heterocycles. The number of hydrogen-bond acceptors (Lipinski definition) is 5. The van der Waals surface area contributed by atoms with Crippen LogP contribution >= 0.6 is 24.0 Å². The fourth-order valence-electron chi connectivity index (χ4n) is 3.70. The number of sulfone groups is 1. The van der Waals surface area contributed by atoms with Gasteiger partial charge in [-0.25, -0.2) is 8.42 Å². The maximum Gasteiger partial charge on any atom is 0.191 e. The summed E-state index contributed by atoms with van der Waals surface area (Å²) in [5.41, 5.74) is 1.38. The Bertz CT molecular complexity index is 760. The van der Waals surface area contributed by atoms with Gasteiger partial charge in [-0.05, 0) is 39.3 Å². The zero-order valence-corrected chi connectivity index (χ0v) is 22.5. The van der Waals surface area contributed by atoms with E-state index in [0.717, 1.165) is 51.6 Å². The van der Waals surface area contributed by atoms with Crippen LogP contribution in [-0.2, 0) is 9.84 Å². The second-order valence-corrected chi connectivity index (χ2v) is 10.6. The van der Waals surface area contributed by atoms with Gasteiger partial charge in [-0.2, -0.15) is 0 Å². The van der Waals surface area contributed by atoms with Crippen molar-refractivity contribution in [2.75, 3.05) is 58.3 Å². The quantitative estimate of drug-likeness (QED) is 0.197. The summed E-state index contributed by atoms with van der Waals surface area (Å²) in [6.45, 7) is 9.77. The molecule has 2 N–H and O–H groups in total. The molecule has 0 saturated carbocycles. The van der Waals surface area contributed by atoms with E-state index in [0.29, 0.717) is 12.5 Å². The standard InChI is InChI=1S/C22H39N5O2S.HI/c1-5-23-22(25-19(2)12-17-30(4,28)29)24-13-9-14-27-16-15-26(3)18-21(27)20-10-7-6-8-11-20;/h6-8,10-11,19,21H,5,9,12-18H2,1-4H3,(H2,23,24,25);1H. The summed E-state index contributed by atoms with van der Waals surface area (Å²) in [4.78, 5) is 9.67. The van der Waals surface area contributed by atoms with Gasteiger partial charge in [-0.15, -0.1) is 24.0 Å². The minimum absolute atomic E-state index is 0. The van der Waals surface area contributed by atoms with Crippen LogP contribution in [-0.4, -0.2) is 88.5 Å². The van der Waals surface area contributed by atoms with Crippen LogP contribution in [0.25, 0.3) is 0 Å². The van der Waals surface area contributed by atoms with Crippen molar-refractivity contribution in [1.29, 1.82) is 0 Å². The van der Waals surface area contributed by atoms with Crippen molar-refractivity contribution in [2.45, 2.75) is 38.8 Å². The van der Waals surface area contributed by atoms with E-state index in [9.17, 15) is 8.42 Å². The van der Waals surface area contributed by atoms with Gasteiger partial charge in [0.2, 0.25) is 0 Å². The molecule has 7 nitrogen and oxygen atoms in total. The number of guanidine groups is 1. The fraction of sp³-hybridized carbons (Fsp3) is 0.682. The van der Waals surface area contributed by atoms with Gasteiger partial charge in [-0.1, -0.05) is 30.3 Å². The van der Waals surface area contributed by atoms with Gasteiger partial charge in [0, 0.05) is 57.6 Å². The zero-order valence-electron chi connectivity index (χ0n) is 19.4. The molecule has 0 spiro atoms. The average molecular weight is 566 g/mol. The maximum absolute atomic E-state index is 11.4. The Balaban J connectivity index is 0.00000480. The number of benzene rings is 1. The molecular formula is C22H40IN5O2S. The largest absolute Gasteiger partial charge is 0.357 e. The molecule has 2 unspecified atom stereocenters. The monoisotopic (exact) mass is 565 g/mol. The van der Waals surface area contributed by atoms with Crippen LogP contribution in [0.15, 0.2) is 35.3 Å². The van der Waals surface area contributed by atoms with Crippen LogP contribution in [0.4, 0.5) is 0 Å². The summed E-state index contributed by atoms with van der Waals surface area (Å²) < 4.78 is 22.8. The highest BCUT2D eigenvalue weighted by atomic mass is 127. The summed E-state index contributed by atoms with van der Waals surface area (Å²) in [5, 5.41) is 6.58. The first-order valence-corrected chi connectivity index (χ1v) is 13.0. The maximum atomic E-state index is 11.4. The molecule has 0 amide bonds. The van der Waals surface area contributed by atoms with Gasteiger partial charge in [0.15, 0.2) is 5.96 Å². The normalized spacial score (nSPS) is 19.5. The molecule has 9 heteroatoms. The lowest BCUT2D eigenvalue weighted by atomic mass is 10.0. The Morgan fingerprint density at radius 1 is 1.26 bits per heavy atom. The van der Waals surface area contributed by atoms with Crippen molar-refractivity contribution in [1.82, 2.24) is 20.4 Å². The van der Waals surface area contributed by atoms with Crippen molar-refractivity contribution in [2.24, 2.45) is 4.99 Å². The number of halogens is 1. The van der Waals surface area contributed by atoms with Crippen LogP contribution in [0.1, 0.15) is 38.3 Å². The first kappa shape index (κ1) is 28.1. The van der Waals surface area contributed by atoms with Gasteiger partial charge in [0.1, 0.15) is 9.84 Å². The molecule has 1 saturated heterocycles. The minimum atomic E-state index is -2.94. The van der Waals surface area contributed by atoms with Gasteiger partial charge >= 0.3 is 0 Å². The van der Waals surface area contributed by atoms with E-state index in [1.807, 2.05) is 13.8 Å². The number of rotatable bonds is 10. The number of hydrogen-bond donors (Lipinski definition) is 2. The Morgan fingerprint density at radius 2 is 1.97 bits per heavy atom. The third kappa shape index (κ3) is 11.0. The molecule has 178 valence electrons. The zero-order chi connectivity index (χ0) is 22.0. The van der Waals surface area contributed by atoms with E-state index in [4.69, 9.17) is 4.99 Å². The predicted octanol–water partition coefficient (Wildman–Crippen LogP) is 2.36. The smallest absolute Gasteiger partial charge is 0.191 e. The first-order valence-electron chi connectivity index (χ1n) is 11.0. The van der Waals surface area contributed by atoms with Crippen LogP contribution in [0, 0.1) is 0 Å². The number of piperazine rings is 1. The molecule has 0 radical (unpaired) electrons. The fourth-order valence-corrected chi connectivity index (χ4v) is 4.48. The minimum Gasteiger partial charge on any atom is -0.357 e. The summed E-state index contributed by atoms with van der Waals surface area (Å²) in [7, 11) is -0.751. The van der Waals surface area contributed by atoms with E-state index in [2.05, 4.69) is 57.8 Å². The molecule has 2 rings (SSSR count). The Hall–Kier alpha value is -0.910. The van der Waals surface area contributed by atoms with Crippen LogP contribution in [0.3, 0.4) is 0 Å². The molecule has 2 atom stereocenters. The molecule has 1 fully saturated rings. The molecule has 1 aliphatic heterocycles.